The van der Waals surface area contributed by atoms with Gasteiger partial charge in [-0.2, -0.15) is 0 Å². The van der Waals surface area contributed by atoms with E-state index in [0.29, 0.717) is 29.9 Å². The fourth-order valence-electron chi connectivity index (χ4n) is 8.42. The highest BCUT2D eigenvalue weighted by molar-refractivity contribution is 5.77. The van der Waals surface area contributed by atoms with Gasteiger partial charge < -0.3 is 21.4 Å². The molecule has 6 nitrogen and oxygen atoms in total. The van der Waals surface area contributed by atoms with Crippen molar-refractivity contribution >= 4 is 12.2 Å². The summed E-state index contributed by atoms with van der Waals surface area (Å²) in [5.74, 6) is 4.08. The Bertz CT molecular complexity index is 776. The van der Waals surface area contributed by atoms with E-state index in [1.54, 1.807) is 0 Å². The Labute approximate surface area is 200 Å². The van der Waals surface area contributed by atoms with Gasteiger partial charge in [0.25, 0.3) is 0 Å². The maximum absolute atomic E-state index is 10.3. The van der Waals surface area contributed by atoms with Crippen LogP contribution in [0.2, 0.25) is 0 Å². The van der Waals surface area contributed by atoms with Crippen LogP contribution in [0.5, 0.6) is 0 Å². The predicted molar refractivity (Wildman–Crippen MR) is 135 cm³/mol. The van der Waals surface area contributed by atoms with Crippen LogP contribution in [0.3, 0.4) is 0 Å². The van der Waals surface area contributed by atoms with Crippen molar-refractivity contribution in [2.75, 3.05) is 13.2 Å². The van der Waals surface area contributed by atoms with Crippen molar-refractivity contribution in [3.05, 3.63) is 11.6 Å². The van der Waals surface area contributed by atoms with Gasteiger partial charge in [0.1, 0.15) is 6.61 Å². The Morgan fingerprint density at radius 3 is 2.58 bits per heavy atom. The highest BCUT2D eigenvalue weighted by Crippen LogP contribution is 2.67. The molecule has 5 N–H and O–H groups in total. The lowest BCUT2D eigenvalue weighted by molar-refractivity contribution is -0.124. The second kappa shape index (κ2) is 9.97. The molecule has 0 bridgehead atoms. The van der Waals surface area contributed by atoms with Gasteiger partial charge in [-0.05, 0) is 111 Å². The molecule has 0 aromatic carbocycles. The summed E-state index contributed by atoms with van der Waals surface area (Å²) in [7, 11) is 0. The molecule has 0 unspecified atom stereocenters. The van der Waals surface area contributed by atoms with Crippen molar-refractivity contribution in [1.82, 2.24) is 0 Å². The molecule has 0 aliphatic heterocycles. The number of allylic oxidation sites excluding steroid dienone is 2. The molecule has 0 spiro atoms. The number of fused-ring (bicyclic) bond motifs is 5. The largest absolute Gasteiger partial charge is 0.396 e. The molecule has 33 heavy (non-hydrogen) atoms. The molecule has 0 heterocycles. The van der Waals surface area contributed by atoms with E-state index in [1.807, 2.05) is 6.21 Å². The molecule has 4 rings (SSSR count). The van der Waals surface area contributed by atoms with Gasteiger partial charge in [-0.15, -0.1) is 0 Å². The molecule has 8 atom stereocenters. The maximum Gasteiger partial charge on any atom is 0.185 e. The van der Waals surface area contributed by atoms with Gasteiger partial charge in [0.2, 0.25) is 0 Å². The van der Waals surface area contributed by atoms with Crippen molar-refractivity contribution in [2.24, 2.45) is 62.0 Å². The van der Waals surface area contributed by atoms with Crippen molar-refractivity contribution in [2.45, 2.75) is 91.1 Å². The first-order valence-electron chi connectivity index (χ1n) is 13.3. The second-order valence-electron chi connectivity index (χ2n) is 12.0. The Morgan fingerprint density at radius 2 is 1.79 bits per heavy atom. The zero-order valence-corrected chi connectivity index (χ0v) is 21.0. The molecular formula is C27H46N4O2. The molecule has 6 heteroatoms. The van der Waals surface area contributed by atoms with Gasteiger partial charge in [0.05, 0.1) is 12.3 Å². The highest BCUT2D eigenvalue weighted by Gasteiger charge is 2.59. The van der Waals surface area contributed by atoms with Crippen molar-refractivity contribution in [3.8, 4) is 0 Å². The van der Waals surface area contributed by atoms with Crippen LogP contribution in [0.4, 0.5) is 0 Å². The van der Waals surface area contributed by atoms with Crippen LogP contribution in [0, 0.1) is 40.4 Å². The van der Waals surface area contributed by atoms with Crippen molar-refractivity contribution in [1.29, 1.82) is 0 Å². The van der Waals surface area contributed by atoms with Crippen LogP contribution >= 0.6 is 0 Å². The standard InChI is InChI=1S/C27H46N4O2/c1-18(17-31-33-14-4-13-30-25(28)29)15-19-6-8-23-22-7-5-20-16-21(32)9-11-26(20,2)24(22)10-12-27(19,23)3/h15,17,19-24,32H,4-14,16H2,1-3H3,(H4,28,29,30)/b18-15+,31-17+/t19-,20-,21+,22+,23+,24+,26+,27-/m1/s1. The lowest BCUT2D eigenvalue weighted by atomic mass is 9.44. The fraction of sp³-hybridized carbons (Fsp3) is 0.852. The van der Waals surface area contributed by atoms with Crippen LogP contribution in [0.1, 0.15) is 85.0 Å². The van der Waals surface area contributed by atoms with Crippen LogP contribution in [0.15, 0.2) is 21.8 Å². The van der Waals surface area contributed by atoms with Crippen LogP contribution in [-0.2, 0) is 4.84 Å². The summed E-state index contributed by atoms with van der Waals surface area (Å²) in [6.45, 7) is 8.38. The van der Waals surface area contributed by atoms with Gasteiger partial charge in [0.15, 0.2) is 5.96 Å². The summed E-state index contributed by atoms with van der Waals surface area (Å²) < 4.78 is 0. The summed E-state index contributed by atoms with van der Waals surface area (Å²) in [5, 5.41) is 14.4. The summed E-state index contributed by atoms with van der Waals surface area (Å²) in [6, 6.07) is 0. The highest BCUT2D eigenvalue weighted by atomic mass is 16.6. The molecule has 186 valence electrons. The Kier molecular flexibility index (Phi) is 7.42. The molecule has 4 saturated carbocycles. The van der Waals surface area contributed by atoms with Crippen molar-refractivity contribution in [3.63, 3.8) is 0 Å². The van der Waals surface area contributed by atoms with E-state index in [0.717, 1.165) is 42.9 Å². The Hall–Kier alpha value is -1.56. The molecule has 0 aromatic heterocycles. The number of aliphatic hydroxyl groups is 1. The molecule has 4 fully saturated rings. The van der Waals surface area contributed by atoms with E-state index in [1.165, 1.54) is 50.5 Å². The minimum atomic E-state index is -0.0543. The number of nitrogens with two attached hydrogens (primary N) is 2. The van der Waals surface area contributed by atoms with E-state index in [9.17, 15) is 5.11 Å². The van der Waals surface area contributed by atoms with E-state index < -0.39 is 0 Å². The quantitative estimate of drug-likeness (QED) is 0.224. The molecule has 4 aliphatic carbocycles. The predicted octanol–water partition coefficient (Wildman–Crippen LogP) is 4.62. The summed E-state index contributed by atoms with van der Waals surface area (Å²) in [5.41, 5.74) is 12.7. The average molecular weight is 459 g/mol. The molecular weight excluding hydrogens is 412 g/mol. The van der Waals surface area contributed by atoms with Gasteiger partial charge in [0, 0.05) is 13.0 Å². The van der Waals surface area contributed by atoms with E-state index in [4.69, 9.17) is 16.3 Å². The monoisotopic (exact) mass is 458 g/mol. The first kappa shape index (κ1) is 24.6. The normalized spacial score (nSPS) is 43.0. The minimum Gasteiger partial charge on any atom is -0.396 e. The summed E-state index contributed by atoms with van der Waals surface area (Å²) >= 11 is 0. The zero-order chi connectivity index (χ0) is 23.6. The van der Waals surface area contributed by atoms with E-state index in [-0.39, 0.29) is 12.1 Å². The van der Waals surface area contributed by atoms with Gasteiger partial charge in [-0.25, -0.2) is 0 Å². The summed E-state index contributed by atoms with van der Waals surface area (Å²) in [4.78, 5) is 9.33. The number of aliphatic imine (C=N–C) groups is 1. The Morgan fingerprint density at radius 1 is 1.03 bits per heavy atom. The lowest BCUT2D eigenvalue weighted by Gasteiger charge is -2.61. The van der Waals surface area contributed by atoms with E-state index in [2.05, 4.69) is 37.0 Å². The molecule has 0 amide bonds. The number of aliphatic hydroxyl groups excluding tert-OH is 1. The molecule has 0 saturated heterocycles. The number of rotatable bonds is 7. The van der Waals surface area contributed by atoms with Gasteiger partial charge in [-0.1, -0.05) is 25.1 Å². The first-order valence-corrected chi connectivity index (χ1v) is 13.3. The average Bonchev–Trinajstić information content (AvgIpc) is 3.09. The van der Waals surface area contributed by atoms with Gasteiger partial charge >= 0.3 is 0 Å². The fourth-order valence-corrected chi connectivity index (χ4v) is 8.42. The number of nitrogens with zero attached hydrogens (tertiary/aromatic N) is 2. The number of oxime groups is 1. The molecule has 0 radical (unpaired) electrons. The molecule has 4 aliphatic rings. The lowest BCUT2D eigenvalue weighted by Crippen LogP contribution is -2.53. The number of guanidine groups is 1. The molecule has 0 aromatic rings. The Balaban J connectivity index is 1.35. The third kappa shape index (κ3) is 4.96. The third-order valence-corrected chi connectivity index (χ3v) is 10.2. The minimum absolute atomic E-state index is 0.0543. The first-order chi connectivity index (χ1) is 15.7. The summed E-state index contributed by atoms with van der Waals surface area (Å²) in [6.07, 6.45) is 16.4. The van der Waals surface area contributed by atoms with Gasteiger partial charge in [-0.3, -0.25) is 4.99 Å². The third-order valence-electron chi connectivity index (χ3n) is 10.2. The number of hydrogen-bond acceptors (Lipinski definition) is 4. The smallest absolute Gasteiger partial charge is 0.185 e. The van der Waals surface area contributed by atoms with E-state index >= 15 is 0 Å². The zero-order valence-electron chi connectivity index (χ0n) is 21.0. The van der Waals surface area contributed by atoms with Crippen LogP contribution in [0.25, 0.3) is 0 Å². The topological polar surface area (TPSA) is 106 Å². The SMILES string of the molecule is CC(/C=N/OCCCN=C(N)N)=C\[C@H]1CC[C@H]2[C@@H]3CC[C@@H]4C[C@@H](O)CC[C@]4(C)[C@H]3CC[C@]12C. The second-order valence-corrected chi connectivity index (χ2v) is 12.0. The van der Waals surface area contributed by atoms with Crippen LogP contribution in [-0.4, -0.2) is 36.5 Å². The van der Waals surface area contributed by atoms with Crippen molar-refractivity contribution < 1.29 is 9.94 Å². The van der Waals surface area contributed by atoms with Crippen LogP contribution < -0.4 is 11.5 Å². The maximum atomic E-state index is 10.3. The number of hydrogen-bond donors (Lipinski definition) is 3.